The number of hydrogen-bond donors (Lipinski definition) is 1. The Morgan fingerprint density at radius 3 is 2.32 bits per heavy atom. The number of esters is 1. The molecule has 1 atom stereocenters. The summed E-state index contributed by atoms with van der Waals surface area (Å²) in [7, 11) is 0. The Labute approximate surface area is 219 Å². The van der Waals surface area contributed by atoms with Crippen LogP contribution in [0, 0.1) is 6.92 Å². The number of carbonyl (C=O) groups is 2. The van der Waals surface area contributed by atoms with Gasteiger partial charge < -0.3 is 19.1 Å². The minimum Gasteiger partial charge on any atom is -0.489 e. The van der Waals surface area contributed by atoms with Crippen molar-refractivity contribution in [2.45, 2.75) is 39.4 Å². The summed E-state index contributed by atoms with van der Waals surface area (Å²) in [6, 6.07) is 21.8. The predicted octanol–water partition coefficient (Wildman–Crippen LogP) is 6.36. The van der Waals surface area contributed by atoms with Gasteiger partial charge in [-0.3, -0.25) is 9.59 Å². The van der Waals surface area contributed by atoms with E-state index in [0.717, 1.165) is 16.7 Å². The van der Waals surface area contributed by atoms with E-state index in [2.05, 4.69) is 5.16 Å². The van der Waals surface area contributed by atoms with Crippen LogP contribution >= 0.6 is 11.6 Å². The Balaban J connectivity index is 1.38. The van der Waals surface area contributed by atoms with E-state index in [4.69, 9.17) is 30.7 Å². The van der Waals surface area contributed by atoms with Gasteiger partial charge >= 0.3 is 11.9 Å². The van der Waals surface area contributed by atoms with Crippen LogP contribution in [0.4, 0.5) is 0 Å². The summed E-state index contributed by atoms with van der Waals surface area (Å²) in [5.74, 6) is -0.112. The summed E-state index contributed by atoms with van der Waals surface area (Å²) < 4.78 is 17.0. The molecule has 8 heteroatoms. The number of carboxylic acids is 1. The maximum absolute atomic E-state index is 12.7. The minimum absolute atomic E-state index is 0.0161. The van der Waals surface area contributed by atoms with Crippen molar-refractivity contribution in [2.24, 2.45) is 0 Å². The molecule has 0 saturated heterocycles. The second kappa shape index (κ2) is 11.8. The van der Waals surface area contributed by atoms with Crippen molar-refractivity contribution in [3.8, 4) is 17.1 Å². The number of aliphatic carboxylic acids is 1. The fourth-order valence-corrected chi connectivity index (χ4v) is 4.16. The SMILES string of the molecule is Cc1noc(-c2ccc(COc3ccc(CC(=O)O)cc3)cc2)c1CC(=O)OC(C)c1ccccc1Cl. The Morgan fingerprint density at radius 2 is 1.65 bits per heavy atom. The van der Waals surface area contributed by atoms with Gasteiger partial charge in [0.2, 0.25) is 0 Å². The molecule has 0 fully saturated rings. The molecular formula is C29H26ClNO6. The van der Waals surface area contributed by atoms with Gasteiger partial charge in [-0.1, -0.05) is 71.4 Å². The lowest BCUT2D eigenvalue weighted by Crippen LogP contribution is -2.12. The average molecular weight is 520 g/mol. The summed E-state index contributed by atoms with van der Waals surface area (Å²) in [5.41, 5.74) is 4.46. The Hall–Kier alpha value is -4.10. The van der Waals surface area contributed by atoms with Crippen molar-refractivity contribution in [3.05, 3.63) is 106 Å². The van der Waals surface area contributed by atoms with Crippen LogP contribution in [0.1, 0.15) is 41.0 Å². The van der Waals surface area contributed by atoms with Gasteiger partial charge in [-0.2, -0.15) is 0 Å². The molecule has 0 radical (unpaired) electrons. The smallest absolute Gasteiger partial charge is 0.311 e. The normalized spacial score (nSPS) is 11.6. The summed E-state index contributed by atoms with van der Waals surface area (Å²) in [4.78, 5) is 23.5. The quantitative estimate of drug-likeness (QED) is 0.243. The fourth-order valence-electron chi connectivity index (χ4n) is 3.87. The maximum atomic E-state index is 12.7. The summed E-state index contributed by atoms with van der Waals surface area (Å²) in [5, 5.41) is 13.5. The van der Waals surface area contributed by atoms with Crippen LogP contribution in [0.15, 0.2) is 77.3 Å². The highest BCUT2D eigenvalue weighted by atomic mass is 35.5. The maximum Gasteiger partial charge on any atom is 0.311 e. The Bertz CT molecular complexity index is 1380. The molecule has 1 aromatic heterocycles. The molecule has 4 rings (SSSR count). The molecule has 0 bridgehead atoms. The molecule has 1 heterocycles. The largest absolute Gasteiger partial charge is 0.489 e. The topological polar surface area (TPSA) is 98.9 Å². The molecule has 0 saturated carbocycles. The van der Waals surface area contributed by atoms with Crippen LogP contribution in [0.3, 0.4) is 0 Å². The lowest BCUT2D eigenvalue weighted by molar-refractivity contribution is -0.147. The number of nitrogens with zero attached hydrogens (tertiary/aromatic N) is 1. The van der Waals surface area contributed by atoms with Crippen molar-refractivity contribution in [1.29, 1.82) is 0 Å². The van der Waals surface area contributed by atoms with E-state index in [0.29, 0.717) is 40.0 Å². The summed E-state index contributed by atoms with van der Waals surface area (Å²) >= 11 is 6.22. The minimum atomic E-state index is -0.873. The van der Waals surface area contributed by atoms with Gasteiger partial charge in [-0.05, 0) is 43.2 Å². The third-order valence-electron chi connectivity index (χ3n) is 5.86. The first-order valence-electron chi connectivity index (χ1n) is 11.7. The molecule has 0 aliphatic rings. The van der Waals surface area contributed by atoms with Crippen molar-refractivity contribution in [3.63, 3.8) is 0 Å². The molecule has 0 amide bonds. The van der Waals surface area contributed by atoms with Crippen LogP contribution in [0.5, 0.6) is 5.75 Å². The van der Waals surface area contributed by atoms with Crippen molar-refractivity contribution in [1.82, 2.24) is 5.16 Å². The van der Waals surface area contributed by atoms with Gasteiger partial charge in [0.05, 0.1) is 18.5 Å². The van der Waals surface area contributed by atoms with Crippen LogP contribution < -0.4 is 4.74 Å². The van der Waals surface area contributed by atoms with Crippen LogP contribution in [0.25, 0.3) is 11.3 Å². The number of benzene rings is 3. The molecule has 0 aliphatic carbocycles. The van der Waals surface area contributed by atoms with Gasteiger partial charge in [0, 0.05) is 21.7 Å². The first kappa shape index (κ1) is 26.0. The van der Waals surface area contributed by atoms with Crippen molar-refractivity contribution < 1.29 is 28.7 Å². The zero-order valence-electron chi connectivity index (χ0n) is 20.4. The highest BCUT2D eigenvalue weighted by molar-refractivity contribution is 6.31. The average Bonchev–Trinajstić information content (AvgIpc) is 3.23. The molecule has 1 N–H and O–H groups in total. The van der Waals surface area contributed by atoms with Gasteiger partial charge in [0.25, 0.3) is 0 Å². The standard InChI is InChI=1S/C29H26ClNO6/c1-18-25(16-28(34)36-19(2)24-5-3-4-6-26(24)30)29(37-31-18)22-11-7-21(8-12-22)17-35-23-13-9-20(10-14-23)15-27(32)33/h3-14,19H,15-17H2,1-2H3,(H,32,33). The molecule has 0 spiro atoms. The van der Waals surface area contributed by atoms with E-state index in [9.17, 15) is 9.59 Å². The molecule has 0 aliphatic heterocycles. The third kappa shape index (κ3) is 6.77. The van der Waals surface area contributed by atoms with Crippen molar-refractivity contribution in [2.75, 3.05) is 0 Å². The number of hydrogen-bond acceptors (Lipinski definition) is 6. The van der Waals surface area contributed by atoms with Crippen LogP contribution in [0.2, 0.25) is 5.02 Å². The predicted molar refractivity (Wildman–Crippen MR) is 138 cm³/mol. The molecule has 1 unspecified atom stereocenters. The number of carboxylic acid groups (broad SMARTS) is 1. The molecular weight excluding hydrogens is 494 g/mol. The Kier molecular flexibility index (Phi) is 8.25. The van der Waals surface area contributed by atoms with E-state index < -0.39 is 18.0 Å². The molecule has 3 aromatic carbocycles. The first-order chi connectivity index (χ1) is 17.8. The third-order valence-corrected chi connectivity index (χ3v) is 6.20. The number of aryl methyl sites for hydroxylation is 1. The Morgan fingerprint density at radius 1 is 0.973 bits per heavy atom. The van der Waals surface area contributed by atoms with Gasteiger partial charge in [0.15, 0.2) is 5.76 Å². The molecule has 37 heavy (non-hydrogen) atoms. The summed E-state index contributed by atoms with van der Waals surface area (Å²) in [6.07, 6.45) is -0.497. The lowest BCUT2D eigenvalue weighted by Gasteiger charge is -2.15. The molecule has 7 nitrogen and oxygen atoms in total. The fraction of sp³-hybridized carbons (Fsp3) is 0.207. The van der Waals surface area contributed by atoms with Crippen molar-refractivity contribution >= 4 is 23.5 Å². The second-order valence-corrected chi connectivity index (χ2v) is 9.01. The zero-order valence-corrected chi connectivity index (χ0v) is 21.2. The number of halogens is 1. The molecule has 190 valence electrons. The van der Waals surface area contributed by atoms with E-state index in [1.54, 1.807) is 44.2 Å². The molecule has 4 aromatic rings. The van der Waals surface area contributed by atoms with Gasteiger partial charge in [-0.25, -0.2) is 0 Å². The summed E-state index contributed by atoms with van der Waals surface area (Å²) in [6.45, 7) is 3.91. The lowest BCUT2D eigenvalue weighted by atomic mass is 10.0. The number of ether oxygens (including phenoxy) is 2. The van der Waals surface area contributed by atoms with Crippen LogP contribution in [-0.2, 0) is 33.8 Å². The van der Waals surface area contributed by atoms with E-state index in [-0.39, 0.29) is 12.8 Å². The van der Waals surface area contributed by atoms with Gasteiger partial charge in [0.1, 0.15) is 18.5 Å². The highest BCUT2D eigenvalue weighted by Gasteiger charge is 2.21. The number of rotatable bonds is 10. The monoisotopic (exact) mass is 519 g/mol. The number of aromatic nitrogens is 1. The van der Waals surface area contributed by atoms with E-state index >= 15 is 0 Å². The zero-order chi connectivity index (χ0) is 26.4. The second-order valence-electron chi connectivity index (χ2n) is 8.61. The van der Waals surface area contributed by atoms with E-state index in [1.807, 2.05) is 42.5 Å². The number of carbonyl (C=O) groups excluding carboxylic acids is 1. The highest BCUT2D eigenvalue weighted by Crippen LogP contribution is 2.29. The van der Waals surface area contributed by atoms with Crippen LogP contribution in [-0.4, -0.2) is 22.2 Å². The first-order valence-corrected chi connectivity index (χ1v) is 12.1. The van der Waals surface area contributed by atoms with E-state index in [1.165, 1.54) is 0 Å². The van der Waals surface area contributed by atoms with Gasteiger partial charge in [-0.15, -0.1) is 0 Å².